The van der Waals surface area contributed by atoms with Gasteiger partial charge < -0.3 is 5.11 Å². The van der Waals surface area contributed by atoms with Crippen LogP contribution in [-0.2, 0) is 11.2 Å². The molecule has 0 radical (unpaired) electrons. The van der Waals surface area contributed by atoms with E-state index < -0.39 is 5.97 Å². The van der Waals surface area contributed by atoms with Crippen LogP contribution in [0.25, 0.3) is 27.5 Å². The maximum absolute atomic E-state index is 13.3. The molecule has 0 spiro atoms. The van der Waals surface area contributed by atoms with Crippen LogP contribution >= 0.6 is 11.3 Å². The van der Waals surface area contributed by atoms with Gasteiger partial charge in [0, 0.05) is 16.6 Å². The van der Waals surface area contributed by atoms with Gasteiger partial charge in [0.25, 0.3) is 0 Å². The van der Waals surface area contributed by atoms with E-state index in [-0.39, 0.29) is 12.2 Å². The van der Waals surface area contributed by atoms with Gasteiger partial charge >= 0.3 is 5.97 Å². The normalized spacial score (nSPS) is 11.2. The first kappa shape index (κ1) is 17.4. The van der Waals surface area contributed by atoms with Crippen LogP contribution in [0, 0.1) is 19.7 Å². The number of carboxylic acid groups (broad SMARTS) is 1. The molecule has 0 aliphatic carbocycles. The Hall–Kier alpha value is -2.99. The second-order valence-corrected chi connectivity index (χ2v) is 7.61. The van der Waals surface area contributed by atoms with Gasteiger partial charge in [-0.3, -0.25) is 9.20 Å². The predicted molar refractivity (Wildman–Crippen MR) is 105 cm³/mol. The molecule has 0 bridgehead atoms. The van der Waals surface area contributed by atoms with Crippen molar-refractivity contribution < 1.29 is 14.3 Å². The van der Waals surface area contributed by atoms with Crippen molar-refractivity contribution in [3.63, 3.8) is 0 Å². The smallest absolute Gasteiger partial charge is 0.308 e. The van der Waals surface area contributed by atoms with Crippen LogP contribution in [0.4, 0.5) is 4.39 Å². The fourth-order valence-electron chi connectivity index (χ4n) is 3.28. The maximum atomic E-state index is 13.3. The molecule has 6 heteroatoms. The molecule has 4 rings (SSSR count). The fourth-order valence-corrected chi connectivity index (χ4v) is 4.40. The summed E-state index contributed by atoms with van der Waals surface area (Å²) in [5, 5.41) is 9.26. The Balaban J connectivity index is 1.91. The van der Waals surface area contributed by atoms with Gasteiger partial charge in [0.2, 0.25) is 0 Å². The van der Waals surface area contributed by atoms with E-state index in [0.29, 0.717) is 4.88 Å². The van der Waals surface area contributed by atoms with Crippen molar-refractivity contribution in [2.75, 3.05) is 0 Å². The highest BCUT2D eigenvalue weighted by Crippen LogP contribution is 2.35. The number of aliphatic carboxylic acids is 1. The Morgan fingerprint density at radius 3 is 2.59 bits per heavy atom. The van der Waals surface area contributed by atoms with Crippen molar-refractivity contribution in [2.24, 2.45) is 0 Å². The molecule has 0 fully saturated rings. The zero-order chi connectivity index (χ0) is 19.1. The van der Waals surface area contributed by atoms with Crippen molar-refractivity contribution in [3.8, 4) is 22.5 Å². The lowest BCUT2D eigenvalue weighted by Crippen LogP contribution is -2.00. The number of imidazole rings is 1. The molecule has 0 amide bonds. The summed E-state index contributed by atoms with van der Waals surface area (Å²) in [5.41, 5.74) is 5.72. The summed E-state index contributed by atoms with van der Waals surface area (Å²) in [6, 6.07) is 12.3. The number of rotatable bonds is 4. The molecule has 136 valence electrons. The van der Waals surface area contributed by atoms with Gasteiger partial charge in [0.15, 0.2) is 4.96 Å². The highest BCUT2D eigenvalue weighted by molar-refractivity contribution is 7.17. The standard InChI is InChI=1S/C21H17FN2O2S/c1-12-3-8-16(13(2)9-12)17-11-24-20(14-4-6-15(22)7-5-14)18(10-19(25)26)27-21(24)23-17/h3-9,11H,10H2,1-2H3,(H,25,26). The van der Waals surface area contributed by atoms with Crippen molar-refractivity contribution in [2.45, 2.75) is 20.3 Å². The van der Waals surface area contributed by atoms with E-state index in [1.807, 2.05) is 36.6 Å². The number of hydrogen-bond acceptors (Lipinski definition) is 3. The molecule has 0 saturated heterocycles. The summed E-state index contributed by atoms with van der Waals surface area (Å²) < 4.78 is 15.3. The summed E-state index contributed by atoms with van der Waals surface area (Å²) in [6.07, 6.45) is 1.83. The molecular weight excluding hydrogens is 363 g/mol. The average molecular weight is 380 g/mol. The van der Waals surface area contributed by atoms with E-state index >= 15 is 0 Å². The van der Waals surface area contributed by atoms with Crippen LogP contribution in [0.5, 0.6) is 0 Å². The highest BCUT2D eigenvalue weighted by atomic mass is 32.1. The molecule has 2 heterocycles. The van der Waals surface area contributed by atoms with Crippen LogP contribution in [0.15, 0.2) is 48.7 Å². The van der Waals surface area contributed by atoms with Crippen molar-refractivity contribution in [3.05, 3.63) is 70.5 Å². The van der Waals surface area contributed by atoms with E-state index in [9.17, 15) is 14.3 Å². The molecule has 0 aliphatic rings. The van der Waals surface area contributed by atoms with E-state index in [4.69, 9.17) is 4.98 Å². The number of aromatic nitrogens is 2. The molecule has 2 aromatic heterocycles. The molecule has 0 aliphatic heterocycles. The van der Waals surface area contributed by atoms with Gasteiger partial charge in [-0.2, -0.15) is 0 Å². The number of thiazole rings is 1. The average Bonchev–Trinajstić information content (AvgIpc) is 3.12. The Morgan fingerprint density at radius 2 is 1.93 bits per heavy atom. The molecule has 27 heavy (non-hydrogen) atoms. The topological polar surface area (TPSA) is 54.6 Å². The molecule has 4 aromatic rings. The second-order valence-electron chi connectivity index (χ2n) is 6.55. The lowest BCUT2D eigenvalue weighted by Gasteiger charge is -2.05. The number of carbonyl (C=O) groups is 1. The Bertz CT molecular complexity index is 1160. The monoisotopic (exact) mass is 380 g/mol. The number of halogens is 1. The van der Waals surface area contributed by atoms with E-state index in [1.54, 1.807) is 12.1 Å². The molecular formula is C21H17FN2O2S. The quantitative estimate of drug-likeness (QED) is 0.535. The van der Waals surface area contributed by atoms with Crippen LogP contribution in [0.1, 0.15) is 16.0 Å². The van der Waals surface area contributed by atoms with Crippen molar-refractivity contribution >= 4 is 22.3 Å². The van der Waals surface area contributed by atoms with Gasteiger partial charge in [-0.25, -0.2) is 9.37 Å². The number of fused-ring (bicyclic) bond motifs is 1. The molecule has 1 N–H and O–H groups in total. The van der Waals surface area contributed by atoms with Crippen molar-refractivity contribution in [1.82, 2.24) is 9.38 Å². The lowest BCUT2D eigenvalue weighted by atomic mass is 10.0. The maximum Gasteiger partial charge on any atom is 0.308 e. The minimum atomic E-state index is -0.905. The van der Waals surface area contributed by atoms with E-state index in [1.165, 1.54) is 29.0 Å². The fraction of sp³-hybridized carbons (Fsp3) is 0.143. The number of carboxylic acids is 1. The van der Waals surface area contributed by atoms with E-state index in [2.05, 4.69) is 6.07 Å². The summed E-state index contributed by atoms with van der Waals surface area (Å²) in [7, 11) is 0. The minimum Gasteiger partial charge on any atom is -0.481 e. The molecule has 0 atom stereocenters. The zero-order valence-corrected chi connectivity index (χ0v) is 15.7. The first-order valence-electron chi connectivity index (χ1n) is 8.48. The van der Waals surface area contributed by atoms with Gasteiger partial charge in [0.05, 0.1) is 17.8 Å². The minimum absolute atomic E-state index is 0.0976. The molecule has 4 nitrogen and oxygen atoms in total. The van der Waals surface area contributed by atoms with Crippen LogP contribution < -0.4 is 0 Å². The first-order chi connectivity index (χ1) is 12.9. The first-order valence-corrected chi connectivity index (χ1v) is 9.30. The largest absolute Gasteiger partial charge is 0.481 e. The molecule has 2 aromatic carbocycles. The third kappa shape index (κ3) is 3.24. The third-order valence-electron chi connectivity index (χ3n) is 4.48. The summed E-state index contributed by atoms with van der Waals surface area (Å²) in [6.45, 7) is 4.10. The van der Waals surface area contributed by atoms with Crippen LogP contribution in [0.3, 0.4) is 0 Å². The predicted octanol–water partition coefficient (Wildman–Crippen LogP) is 5.11. The second kappa shape index (κ2) is 6.63. The molecule has 0 saturated carbocycles. The molecule has 0 unspecified atom stereocenters. The summed E-state index contributed by atoms with van der Waals surface area (Å²) in [5.74, 6) is -1.23. The number of hydrogen-bond donors (Lipinski definition) is 1. The van der Waals surface area contributed by atoms with Crippen LogP contribution in [-0.4, -0.2) is 20.5 Å². The number of nitrogens with zero attached hydrogens (tertiary/aromatic N) is 2. The van der Waals surface area contributed by atoms with Gasteiger partial charge in [-0.1, -0.05) is 23.8 Å². The zero-order valence-electron chi connectivity index (χ0n) is 14.9. The number of benzene rings is 2. The van der Waals surface area contributed by atoms with E-state index in [0.717, 1.165) is 33.0 Å². The third-order valence-corrected chi connectivity index (χ3v) is 5.54. The van der Waals surface area contributed by atoms with Gasteiger partial charge in [0.1, 0.15) is 5.82 Å². The SMILES string of the molecule is Cc1ccc(-c2cn3c(-c4ccc(F)cc4)c(CC(=O)O)sc3n2)c(C)c1. The van der Waals surface area contributed by atoms with Gasteiger partial charge in [-0.15, -0.1) is 11.3 Å². The number of aryl methyl sites for hydroxylation is 2. The Kier molecular flexibility index (Phi) is 4.28. The van der Waals surface area contributed by atoms with Crippen LogP contribution in [0.2, 0.25) is 0 Å². The highest BCUT2D eigenvalue weighted by Gasteiger charge is 2.19. The lowest BCUT2D eigenvalue weighted by molar-refractivity contribution is -0.136. The van der Waals surface area contributed by atoms with Gasteiger partial charge in [-0.05, 0) is 49.2 Å². The Morgan fingerprint density at radius 1 is 1.19 bits per heavy atom. The Labute approximate surface area is 159 Å². The van der Waals surface area contributed by atoms with Crippen molar-refractivity contribution in [1.29, 1.82) is 0 Å². The summed E-state index contributed by atoms with van der Waals surface area (Å²) >= 11 is 1.35. The summed E-state index contributed by atoms with van der Waals surface area (Å²) in [4.78, 5) is 17.4.